The summed E-state index contributed by atoms with van der Waals surface area (Å²) in [5, 5.41) is 13.0. The van der Waals surface area contributed by atoms with Gasteiger partial charge in [0.1, 0.15) is 0 Å². The molecule has 4 nitrogen and oxygen atoms in total. The molecule has 3 atom stereocenters. The fourth-order valence-corrected chi connectivity index (χ4v) is 2.44. The minimum Gasteiger partial charge on any atom is -0.388 e. The number of nitrogens with one attached hydrogen (secondary N) is 1. The molecule has 0 aliphatic carbocycles. The minimum atomic E-state index is -0.662. The lowest BCUT2D eigenvalue weighted by Crippen LogP contribution is -2.26. The van der Waals surface area contributed by atoms with Crippen LogP contribution in [0.25, 0.3) is 0 Å². The molecule has 0 fully saturated rings. The van der Waals surface area contributed by atoms with Crippen LogP contribution in [-0.2, 0) is 9.53 Å². The van der Waals surface area contributed by atoms with Crippen LogP contribution in [0.15, 0.2) is 72.9 Å². The van der Waals surface area contributed by atoms with Crippen molar-refractivity contribution in [3.8, 4) is 0 Å². The van der Waals surface area contributed by atoms with E-state index in [1.807, 2.05) is 67.6 Å². The number of benzene rings is 2. The van der Waals surface area contributed by atoms with Crippen LogP contribution in [0.4, 0.5) is 0 Å². The predicted molar refractivity (Wildman–Crippen MR) is 94.0 cm³/mol. The van der Waals surface area contributed by atoms with Gasteiger partial charge in [0.05, 0.1) is 6.10 Å². The fraction of sp³-hybridized carbons (Fsp3) is 0.250. The van der Waals surface area contributed by atoms with Gasteiger partial charge in [0.25, 0.3) is 5.91 Å². The highest BCUT2D eigenvalue weighted by atomic mass is 16.5. The zero-order valence-electron chi connectivity index (χ0n) is 13.9. The average molecular weight is 325 g/mol. The molecule has 0 saturated carbocycles. The van der Waals surface area contributed by atoms with E-state index >= 15 is 0 Å². The van der Waals surface area contributed by atoms with Gasteiger partial charge in [0.2, 0.25) is 0 Å². The van der Waals surface area contributed by atoms with Gasteiger partial charge in [-0.25, -0.2) is 0 Å². The van der Waals surface area contributed by atoms with Crippen LogP contribution < -0.4 is 5.32 Å². The lowest BCUT2D eigenvalue weighted by atomic mass is 9.97. The summed E-state index contributed by atoms with van der Waals surface area (Å²) in [5.41, 5.74) is 1.64. The lowest BCUT2D eigenvalue weighted by Gasteiger charge is -2.16. The first-order valence-corrected chi connectivity index (χ1v) is 7.91. The van der Waals surface area contributed by atoms with Gasteiger partial charge in [0, 0.05) is 19.2 Å². The van der Waals surface area contributed by atoms with Gasteiger partial charge in [0.15, 0.2) is 6.10 Å². The third kappa shape index (κ3) is 4.78. The van der Waals surface area contributed by atoms with Crippen molar-refractivity contribution in [3.63, 3.8) is 0 Å². The normalized spacial score (nSPS) is 15.0. The average Bonchev–Trinajstić information content (AvgIpc) is 2.63. The summed E-state index contributed by atoms with van der Waals surface area (Å²) >= 11 is 0. The fourth-order valence-electron chi connectivity index (χ4n) is 2.44. The van der Waals surface area contributed by atoms with Crippen molar-refractivity contribution in [3.05, 3.63) is 84.1 Å². The van der Waals surface area contributed by atoms with E-state index in [4.69, 9.17) is 4.74 Å². The molecule has 2 aromatic rings. The molecule has 0 aromatic heterocycles. The molecular weight excluding hydrogens is 302 g/mol. The van der Waals surface area contributed by atoms with Gasteiger partial charge in [-0.15, -0.1) is 0 Å². The van der Waals surface area contributed by atoms with Gasteiger partial charge in [-0.05, 0) is 11.1 Å². The Morgan fingerprint density at radius 3 is 2.12 bits per heavy atom. The first-order chi connectivity index (χ1) is 11.6. The molecule has 2 rings (SSSR count). The Labute approximate surface area is 142 Å². The van der Waals surface area contributed by atoms with Crippen molar-refractivity contribution in [2.75, 3.05) is 7.11 Å². The number of methoxy groups -OCH3 is 1. The van der Waals surface area contributed by atoms with Crippen LogP contribution in [0.1, 0.15) is 30.3 Å². The molecule has 0 bridgehead atoms. The maximum Gasteiger partial charge on any atom is 0.257 e. The summed E-state index contributed by atoms with van der Waals surface area (Å²) in [5.74, 6) is -0.383. The van der Waals surface area contributed by atoms with E-state index in [1.54, 1.807) is 12.3 Å². The molecule has 2 N–H and O–H groups in total. The van der Waals surface area contributed by atoms with Gasteiger partial charge >= 0.3 is 0 Å². The molecule has 2 aromatic carbocycles. The summed E-state index contributed by atoms with van der Waals surface area (Å²) in [4.78, 5) is 12.2. The number of hydrogen-bond donors (Lipinski definition) is 2. The van der Waals surface area contributed by atoms with Crippen molar-refractivity contribution >= 4 is 5.91 Å². The zero-order valence-corrected chi connectivity index (χ0v) is 13.9. The molecular formula is C20H23NO3. The maximum absolute atomic E-state index is 12.2. The molecule has 126 valence electrons. The first-order valence-electron chi connectivity index (χ1n) is 7.91. The van der Waals surface area contributed by atoms with Crippen LogP contribution in [0.2, 0.25) is 0 Å². The second-order valence-corrected chi connectivity index (χ2v) is 5.61. The number of rotatable bonds is 7. The van der Waals surface area contributed by atoms with Crippen LogP contribution in [-0.4, -0.2) is 18.1 Å². The highest BCUT2D eigenvalue weighted by Crippen LogP contribution is 2.22. The number of carbonyl (C=O) groups is 1. The van der Waals surface area contributed by atoms with Crippen molar-refractivity contribution in [1.29, 1.82) is 0 Å². The van der Waals surface area contributed by atoms with Crippen LogP contribution >= 0.6 is 0 Å². The minimum absolute atomic E-state index is 0.134. The molecule has 0 aliphatic heterocycles. The molecule has 0 spiro atoms. The van der Waals surface area contributed by atoms with Crippen molar-refractivity contribution < 1.29 is 14.6 Å². The molecule has 0 aliphatic rings. The van der Waals surface area contributed by atoms with Crippen LogP contribution in [0.5, 0.6) is 0 Å². The van der Waals surface area contributed by atoms with Gasteiger partial charge < -0.3 is 15.2 Å². The van der Waals surface area contributed by atoms with Crippen LogP contribution in [0, 0.1) is 5.92 Å². The smallest absolute Gasteiger partial charge is 0.257 e. The summed E-state index contributed by atoms with van der Waals surface area (Å²) in [7, 11) is 1.50. The van der Waals surface area contributed by atoms with E-state index in [-0.39, 0.29) is 11.8 Å². The monoisotopic (exact) mass is 325 g/mol. The Morgan fingerprint density at radius 1 is 1.04 bits per heavy atom. The van der Waals surface area contributed by atoms with E-state index in [0.29, 0.717) is 0 Å². The topological polar surface area (TPSA) is 58.6 Å². The first kappa shape index (κ1) is 17.9. The van der Waals surface area contributed by atoms with E-state index in [1.165, 1.54) is 7.11 Å². The Bertz CT molecular complexity index is 655. The van der Waals surface area contributed by atoms with Crippen molar-refractivity contribution in [1.82, 2.24) is 5.32 Å². The molecule has 24 heavy (non-hydrogen) atoms. The standard InChI is InChI=1S/C20H23NO3/c1-15(18(22)16-9-5-3-6-10-16)13-14-21-20(23)19(24-2)17-11-7-4-8-12-17/h3-15,18-19,22H,1-2H3,(H,21,23)/b14-13+/t15-,18-,19?/m1/s1. The summed E-state index contributed by atoms with van der Waals surface area (Å²) in [6.45, 7) is 1.89. The molecule has 4 heteroatoms. The Morgan fingerprint density at radius 2 is 1.58 bits per heavy atom. The largest absolute Gasteiger partial charge is 0.388 e. The van der Waals surface area contributed by atoms with Gasteiger partial charge in [-0.3, -0.25) is 4.79 Å². The SMILES string of the molecule is COC(C(=O)N/C=C/[C@@H](C)[C@@H](O)c1ccccc1)c1ccccc1. The number of carbonyl (C=O) groups excluding carboxylic acids is 1. The Hall–Kier alpha value is -2.43. The quantitative estimate of drug-likeness (QED) is 0.820. The van der Waals surface area contributed by atoms with E-state index < -0.39 is 12.2 Å². The van der Waals surface area contributed by atoms with E-state index in [0.717, 1.165) is 11.1 Å². The van der Waals surface area contributed by atoms with Crippen molar-refractivity contribution in [2.24, 2.45) is 5.92 Å². The van der Waals surface area contributed by atoms with Gasteiger partial charge in [-0.1, -0.05) is 73.7 Å². The van der Waals surface area contributed by atoms with Gasteiger partial charge in [-0.2, -0.15) is 0 Å². The number of aliphatic hydroxyl groups excluding tert-OH is 1. The second-order valence-electron chi connectivity index (χ2n) is 5.61. The van der Waals surface area contributed by atoms with E-state index in [9.17, 15) is 9.90 Å². The predicted octanol–water partition coefficient (Wildman–Crippen LogP) is 3.37. The maximum atomic E-state index is 12.2. The molecule has 1 amide bonds. The van der Waals surface area contributed by atoms with Crippen molar-refractivity contribution in [2.45, 2.75) is 19.1 Å². The zero-order chi connectivity index (χ0) is 17.4. The molecule has 0 radical (unpaired) electrons. The third-order valence-corrected chi connectivity index (χ3v) is 3.84. The third-order valence-electron chi connectivity index (χ3n) is 3.84. The highest BCUT2D eigenvalue weighted by Gasteiger charge is 2.19. The number of amides is 1. The molecule has 0 heterocycles. The molecule has 0 saturated heterocycles. The molecule has 1 unspecified atom stereocenters. The number of aliphatic hydroxyl groups is 1. The van der Waals surface area contributed by atoms with Crippen LogP contribution in [0.3, 0.4) is 0 Å². The van der Waals surface area contributed by atoms with E-state index in [2.05, 4.69) is 5.32 Å². The Kier molecular flexibility index (Phi) is 6.73. The second kappa shape index (κ2) is 9.01. The number of ether oxygens (including phenoxy) is 1. The summed E-state index contributed by atoms with van der Waals surface area (Å²) in [6, 6.07) is 18.8. The number of hydrogen-bond acceptors (Lipinski definition) is 3. The highest BCUT2D eigenvalue weighted by molar-refractivity contribution is 5.83. The lowest BCUT2D eigenvalue weighted by molar-refractivity contribution is -0.130. The summed E-state index contributed by atoms with van der Waals surface area (Å²) in [6.07, 6.45) is 2.05. The Balaban J connectivity index is 1.93. The summed E-state index contributed by atoms with van der Waals surface area (Å²) < 4.78 is 5.28.